The largest absolute Gasteiger partial charge is 0.497 e. The molecule has 0 radical (unpaired) electrons. The average molecular weight is 329 g/mol. The lowest BCUT2D eigenvalue weighted by Gasteiger charge is -2.35. The van der Waals surface area contributed by atoms with Crippen molar-refractivity contribution in [2.45, 2.75) is 6.54 Å². The molecule has 6 nitrogen and oxygen atoms in total. The highest BCUT2D eigenvalue weighted by Crippen LogP contribution is 2.21. The van der Waals surface area contributed by atoms with Gasteiger partial charge in [0.2, 0.25) is 5.91 Å². The zero-order valence-electron chi connectivity index (χ0n) is 13.9. The van der Waals surface area contributed by atoms with Crippen LogP contribution in [-0.2, 0) is 11.3 Å². The van der Waals surface area contributed by atoms with Crippen LogP contribution in [0.4, 0.5) is 5.69 Å². The molecule has 0 aliphatic carbocycles. The molecule has 1 amide bonds. The number of benzene rings is 1. The van der Waals surface area contributed by atoms with E-state index in [-0.39, 0.29) is 5.91 Å². The molecule has 0 spiro atoms. The van der Waals surface area contributed by atoms with Crippen LogP contribution in [0.15, 0.2) is 47.1 Å². The number of rotatable bonds is 6. The van der Waals surface area contributed by atoms with Gasteiger partial charge in [-0.15, -0.1) is 0 Å². The third kappa shape index (κ3) is 4.29. The van der Waals surface area contributed by atoms with Gasteiger partial charge in [-0.05, 0) is 24.3 Å². The number of methoxy groups -OCH3 is 1. The van der Waals surface area contributed by atoms with Crippen molar-refractivity contribution in [2.24, 2.45) is 0 Å². The number of hydrogen-bond donors (Lipinski definition) is 1. The Morgan fingerprint density at radius 3 is 2.75 bits per heavy atom. The van der Waals surface area contributed by atoms with Crippen molar-refractivity contribution in [1.29, 1.82) is 0 Å². The van der Waals surface area contributed by atoms with E-state index in [0.717, 1.165) is 43.4 Å². The van der Waals surface area contributed by atoms with Gasteiger partial charge >= 0.3 is 0 Å². The summed E-state index contributed by atoms with van der Waals surface area (Å²) in [6, 6.07) is 11.8. The lowest BCUT2D eigenvalue weighted by molar-refractivity contribution is -0.122. The van der Waals surface area contributed by atoms with Gasteiger partial charge < -0.3 is 19.4 Å². The quantitative estimate of drug-likeness (QED) is 0.875. The molecule has 1 aromatic carbocycles. The highest BCUT2D eigenvalue weighted by atomic mass is 16.5. The minimum absolute atomic E-state index is 0.0289. The van der Waals surface area contributed by atoms with E-state index in [9.17, 15) is 4.79 Å². The van der Waals surface area contributed by atoms with Crippen LogP contribution in [-0.4, -0.2) is 50.6 Å². The van der Waals surface area contributed by atoms with Crippen LogP contribution in [0.2, 0.25) is 0 Å². The monoisotopic (exact) mass is 329 g/mol. The fourth-order valence-electron chi connectivity index (χ4n) is 2.83. The summed E-state index contributed by atoms with van der Waals surface area (Å²) < 4.78 is 10.5. The Bertz CT molecular complexity index is 649. The van der Waals surface area contributed by atoms with E-state index in [4.69, 9.17) is 9.15 Å². The third-order valence-electron chi connectivity index (χ3n) is 4.20. The number of nitrogens with one attached hydrogen (secondary N) is 1. The molecule has 0 atom stereocenters. The molecule has 1 aliphatic rings. The predicted molar refractivity (Wildman–Crippen MR) is 92.2 cm³/mol. The number of anilines is 1. The molecular weight excluding hydrogens is 306 g/mol. The van der Waals surface area contributed by atoms with Crippen LogP contribution in [0.3, 0.4) is 0 Å². The molecule has 2 heterocycles. The molecule has 3 rings (SSSR count). The van der Waals surface area contributed by atoms with E-state index in [1.54, 1.807) is 13.4 Å². The highest BCUT2D eigenvalue weighted by molar-refractivity contribution is 5.78. The molecule has 0 bridgehead atoms. The maximum absolute atomic E-state index is 12.0. The smallest absolute Gasteiger partial charge is 0.234 e. The van der Waals surface area contributed by atoms with E-state index >= 15 is 0 Å². The van der Waals surface area contributed by atoms with Crippen molar-refractivity contribution in [3.05, 3.63) is 48.4 Å². The summed E-state index contributed by atoms with van der Waals surface area (Å²) in [6.07, 6.45) is 1.61. The maximum Gasteiger partial charge on any atom is 0.234 e. The first-order valence-corrected chi connectivity index (χ1v) is 8.15. The minimum Gasteiger partial charge on any atom is -0.497 e. The Labute approximate surface area is 142 Å². The minimum atomic E-state index is 0.0289. The Morgan fingerprint density at radius 1 is 1.21 bits per heavy atom. The molecule has 1 aliphatic heterocycles. The van der Waals surface area contributed by atoms with Gasteiger partial charge in [-0.1, -0.05) is 6.07 Å². The van der Waals surface area contributed by atoms with Gasteiger partial charge in [-0.25, -0.2) is 0 Å². The Balaban J connectivity index is 1.43. The number of carbonyl (C=O) groups is 1. The second kappa shape index (κ2) is 7.88. The van der Waals surface area contributed by atoms with Crippen LogP contribution in [0.5, 0.6) is 5.75 Å². The second-order valence-corrected chi connectivity index (χ2v) is 5.82. The number of furan rings is 1. The third-order valence-corrected chi connectivity index (χ3v) is 4.20. The molecule has 24 heavy (non-hydrogen) atoms. The highest BCUT2D eigenvalue weighted by Gasteiger charge is 2.19. The van der Waals surface area contributed by atoms with Crippen molar-refractivity contribution in [3.63, 3.8) is 0 Å². The topological polar surface area (TPSA) is 58.0 Å². The summed E-state index contributed by atoms with van der Waals surface area (Å²) >= 11 is 0. The van der Waals surface area contributed by atoms with Gasteiger partial charge in [0, 0.05) is 37.9 Å². The van der Waals surface area contributed by atoms with Crippen LogP contribution in [0.25, 0.3) is 0 Å². The SMILES string of the molecule is COc1cccc(N2CCN(CC(=O)NCc3ccco3)CC2)c1. The maximum atomic E-state index is 12.0. The summed E-state index contributed by atoms with van der Waals surface area (Å²) in [4.78, 5) is 16.5. The van der Waals surface area contributed by atoms with Gasteiger partial charge in [0.05, 0.1) is 26.5 Å². The average Bonchev–Trinajstić information content (AvgIpc) is 3.14. The summed E-state index contributed by atoms with van der Waals surface area (Å²) in [6.45, 7) is 4.40. The Morgan fingerprint density at radius 2 is 2.04 bits per heavy atom. The molecule has 1 saturated heterocycles. The fourth-order valence-corrected chi connectivity index (χ4v) is 2.83. The second-order valence-electron chi connectivity index (χ2n) is 5.82. The van der Waals surface area contributed by atoms with E-state index in [2.05, 4.69) is 21.2 Å². The van der Waals surface area contributed by atoms with Crippen LogP contribution < -0.4 is 15.0 Å². The molecule has 1 fully saturated rings. The van der Waals surface area contributed by atoms with Crippen molar-refractivity contribution in [3.8, 4) is 5.75 Å². The molecule has 0 unspecified atom stereocenters. The fraction of sp³-hybridized carbons (Fsp3) is 0.389. The lowest BCUT2D eigenvalue weighted by atomic mass is 10.2. The summed E-state index contributed by atoms with van der Waals surface area (Å²) in [7, 11) is 1.68. The van der Waals surface area contributed by atoms with Crippen LogP contribution in [0.1, 0.15) is 5.76 Å². The lowest BCUT2D eigenvalue weighted by Crippen LogP contribution is -2.49. The normalized spacial score (nSPS) is 15.3. The van der Waals surface area contributed by atoms with E-state index in [0.29, 0.717) is 13.1 Å². The zero-order chi connectivity index (χ0) is 16.8. The number of ether oxygens (including phenoxy) is 1. The number of hydrogen-bond acceptors (Lipinski definition) is 5. The molecular formula is C18H23N3O3. The number of amides is 1. The van der Waals surface area contributed by atoms with Gasteiger partial charge in [-0.3, -0.25) is 9.69 Å². The summed E-state index contributed by atoms with van der Waals surface area (Å²) in [5.41, 5.74) is 1.16. The van der Waals surface area contributed by atoms with Crippen molar-refractivity contribution >= 4 is 11.6 Å². The summed E-state index contributed by atoms with van der Waals surface area (Å²) in [5, 5.41) is 2.89. The molecule has 1 aromatic heterocycles. The Kier molecular flexibility index (Phi) is 5.38. The molecule has 1 N–H and O–H groups in total. The van der Waals surface area contributed by atoms with Crippen LogP contribution in [0, 0.1) is 0 Å². The van der Waals surface area contributed by atoms with E-state index in [1.807, 2.05) is 30.3 Å². The summed E-state index contributed by atoms with van der Waals surface area (Å²) in [5.74, 6) is 1.67. The van der Waals surface area contributed by atoms with E-state index < -0.39 is 0 Å². The standard InChI is InChI=1S/C18H23N3O3/c1-23-16-5-2-4-15(12-16)21-9-7-20(8-10-21)14-18(22)19-13-17-6-3-11-24-17/h2-6,11-12H,7-10,13-14H2,1H3,(H,19,22). The van der Waals surface area contributed by atoms with Gasteiger partial charge in [0.1, 0.15) is 11.5 Å². The molecule has 0 saturated carbocycles. The Hall–Kier alpha value is -2.47. The zero-order valence-corrected chi connectivity index (χ0v) is 13.9. The molecule has 6 heteroatoms. The van der Waals surface area contributed by atoms with E-state index in [1.165, 1.54) is 0 Å². The number of nitrogens with zero attached hydrogens (tertiary/aromatic N) is 2. The predicted octanol–water partition coefficient (Wildman–Crippen LogP) is 1.73. The first-order valence-electron chi connectivity index (χ1n) is 8.15. The van der Waals surface area contributed by atoms with Crippen molar-refractivity contribution < 1.29 is 13.9 Å². The number of carbonyl (C=O) groups excluding carboxylic acids is 1. The van der Waals surface area contributed by atoms with Gasteiger partial charge in [-0.2, -0.15) is 0 Å². The first kappa shape index (κ1) is 16.4. The molecule has 128 valence electrons. The molecule has 2 aromatic rings. The van der Waals surface area contributed by atoms with Gasteiger partial charge in [0.15, 0.2) is 0 Å². The van der Waals surface area contributed by atoms with Crippen molar-refractivity contribution in [1.82, 2.24) is 10.2 Å². The van der Waals surface area contributed by atoms with Gasteiger partial charge in [0.25, 0.3) is 0 Å². The van der Waals surface area contributed by atoms with Crippen molar-refractivity contribution in [2.75, 3.05) is 44.7 Å². The number of piperazine rings is 1. The first-order chi connectivity index (χ1) is 11.7. The van der Waals surface area contributed by atoms with Crippen LogP contribution >= 0.6 is 0 Å².